The van der Waals surface area contributed by atoms with Gasteiger partial charge in [0.25, 0.3) is 0 Å². The summed E-state index contributed by atoms with van der Waals surface area (Å²) in [5, 5.41) is 0. The number of hydrogen-bond acceptors (Lipinski definition) is 2. The van der Waals surface area contributed by atoms with E-state index in [2.05, 4.69) is 16.6 Å². The fourth-order valence-corrected chi connectivity index (χ4v) is 1.36. The van der Waals surface area contributed by atoms with Crippen molar-refractivity contribution in [3.05, 3.63) is 35.9 Å². The van der Waals surface area contributed by atoms with Crippen molar-refractivity contribution < 1.29 is 9.53 Å². The number of carbonyl (C=O) groups is 1. The maximum Gasteiger partial charge on any atom is 0.307 e. The molecule has 0 aromatic heterocycles. The lowest BCUT2D eigenvalue weighted by Crippen LogP contribution is -2.07. The molecule has 0 amide bonds. The van der Waals surface area contributed by atoms with Crippen LogP contribution in [0.4, 0.5) is 0 Å². The molecule has 0 saturated carbocycles. The molecule has 15 heavy (non-hydrogen) atoms. The van der Waals surface area contributed by atoms with Crippen LogP contribution in [0.2, 0.25) is 0 Å². The van der Waals surface area contributed by atoms with E-state index in [0.717, 1.165) is 5.56 Å². The van der Waals surface area contributed by atoms with Crippen molar-refractivity contribution in [2.24, 2.45) is 0 Å². The molecule has 2 nitrogen and oxygen atoms in total. The number of esters is 1. The third-order valence-corrected chi connectivity index (χ3v) is 2.12. The Bertz CT molecular complexity index is 371. The Balaban J connectivity index is 2.82. The third kappa shape index (κ3) is 3.47. The summed E-state index contributed by atoms with van der Waals surface area (Å²) in [4.78, 5) is 11.2. The zero-order valence-electron chi connectivity index (χ0n) is 8.99. The first-order valence-corrected chi connectivity index (χ1v) is 4.82. The third-order valence-electron chi connectivity index (χ3n) is 2.12. The van der Waals surface area contributed by atoms with Gasteiger partial charge in [0.15, 0.2) is 0 Å². The lowest BCUT2D eigenvalue weighted by atomic mass is 9.96. The van der Waals surface area contributed by atoms with Gasteiger partial charge in [0, 0.05) is 0 Å². The predicted octanol–water partition coefficient (Wildman–Crippen LogP) is 2.36. The Morgan fingerprint density at radius 3 is 2.60 bits per heavy atom. The molecule has 1 aromatic carbocycles. The smallest absolute Gasteiger partial charge is 0.307 e. The maximum atomic E-state index is 11.2. The van der Waals surface area contributed by atoms with E-state index in [1.807, 2.05) is 30.3 Å². The summed E-state index contributed by atoms with van der Waals surface area (Å²) in [7, 11) is 1.39. The maximum absolute atomic E-state index is 11.2. The van der Waals surface area contributed by atoms with Gasteiger partial charge in [-0.1, -0.05) is 36.3 Å². The molecule has 0 aliphatic rings. The van der Waals surface area contributed by atoms with Gasteiger partial charge in [-0.3, -0.25) is 4.79 Å². The van der Waals surface area contributed by atoms with Crippen LogP contribution in [-0.2, 0) is 9.53 Å². The van der Waals surface area contributed by atoms with Crippen LogP contribution in [0.15, 0.2) is 30.3 Å². The van der Waals surface area contributed by atoms with E-state index in [0.29, 0.717) is 6.42 Å². The summed E-state index contributed by atoms with van der Waals surface area (Å²) in [6.07, 6.45) is 0.307. The number of ether oxygens (including phenoxy) is 1. The second-order valence-electron chi connectivity index (χ2n) is 3.14. The molecular formula is C13H14O2. The van der Waals surface area contributed by atoms with Gasteiger partial charge in [-0.05, 0) is 12.5 Å². The molecule has 2 heteroatoms. The van der Waals surface area contributed by atoms with Gasteiger partial charge >= 0.3 is 5.97 Å². The molecule has 0 aliphatic heterocycles. The molecule has 0 radical (unpaired) electrons. The van der Waals surface area contributed by atoms with Gasteiger partial charge in [-0.2, -0.15) is 0 Å². The van der Waals surface area contributed by atoms with Crippen LogP contribution in [0.3, 0.4) is 0 Å². The Hall–Kier alpha value is -1.75. The monoisotopic (exact) mass is 202 g/mol. The lowest BCUT2D eigenvalue weighted by molar-refractivity contribution is -0.140. The minimum Gasteiger partial charge on any atom is -0.469 e. The normalized spacial score (nSPS) is 11.1. The Morgan fingerprint density at radius 2 is 2.07 bits per heavy atom. The molecule has 0 bridgehead atoms. The molecule has 0 fully saturated rings. The highest BCUT2D eigenvalue weighted by Crippen LogP contribution is 2.18. The average molecular weight is 202 g/mol. The number of hydrogen-bond donors (Lipinski definition) is 0. The quantitative estimate of drug-likeness (QED) is 0.555. The standard InChI is InChI=1S/C13H14O2/c1-3-7-12(10-13(14)15-2)11-8-5-4-6-9-11/h4-6,8-9,12H,10H2,1-2H3/t12-/m0/s1. The first kappa shape index (κ1) is 11.3. The molecule has 1 rings (SSSR count). The summed E-state index contributed by atoms with van der Waals surface area (Å²) >= 11 is 0. The largest absolute Gasteiger partial charge is 0.469 e. The van der Waals surface area contributed by atoms with E-state index < -0.39 is 0 Å². The second kappa shape index (κ2) is 5.87. The fraction of sp³-hybridized carbons (Fsp3) is 0.308. The van der Waals surface area contributed by atoms with E-state index in [9.17, 15) is 4.79 Å². The zero-order valence-corrected chi connectivity index (χ0v) is 8.99. The van der Waals surface area contributed by atoms with Crippen molar-refractivity contribution >= 4 is 5.97 Å². The van der Waals surface area contributed by atoms with Crippen molar-refractivity contribution in [1.82, 2.24) is 0 Å². The molecule has 1 aromatic rings. The molecule has 0 saturated heterocycles. The van der Waals surface area contributed by atoms with Crippen LogP contribution in [-0.4, -0.2) is 13.1 Å². The Kier molecular flexibility index (Phi) is 4.43. The summed E-state index contributed by atoms with van der Waals surface area (Å²) in [5.41, 5.74) is 1.05. The molecule has 0 aliphatic carbocycles. The van der Waals surface area contributed by atoms with Crippen LogP contribution < -0.4 is 0 Å². The van der Waals surface area contributed by atoms with Crippen LogP contribution in [0.1, 0.15) is 24.8 Å². The Morgan fingerprint density at radius 1 is 1.40 bits per heavy atom. The number of methoxy groups -OCH3 is 1. The summed E-state index contributed by atoms with van der Waals surface area (Å²) in [6, 6.07) is 9.77. The minimum atomic E-state index is -0.230. The van der Waals surface area contributed by atoms with Crippen LogP contribution in [0.5, 0.6) is 0 Å². The van der Waals surface area contributed by atoms with Crippen molar-refractivity contribution in [1.29, 1.82) is 0 Å². The second-order valence-corrected chi connectivity index (χ2v) is 3.14. The highest BCUT2D eigenvalue weighted by Gasteiger charge is 2.13. The number of carbonyl (C=O) groups excluding carboxylic acids is 1. The van der Waals surface area contributed by atoms with Crippen molar-refractivity contribution in [3.8, 4) is 11.8 Å². The van der Waals surface area contributed by atoms with Gasteiger partial charge in [0.2, 0.25) is 0 Å². The molecule has 0 unspecified atom stereocenters. The van der Waals surface area contributed by atoms with E-state index >= 15 is 0 Å². The van der Waals surface area contributed by atoms with E-state index in [4.69, 9.17) is 0 Å². The summed E-state index contributed by atoms with van der Waals surface area (Å²) in [6.45, 7) is 1.77. The van der Waals surface area contributed by atoms with Crippen molar-refractivity contribution in [2.75, 3.05) is 7.11 Å². The molecule has 0 spiro atoms. The molecule has 78 valence electrons. The van der Waals surface area contributed by atoms with Crippen LogP contribution in [0.25, 0.3) is 0 Å². The van der Waals surface area contributed by atoms with E-state index in [1.165, 1.54) is 7.11 Å². The number of rotatable bonds is 3. The lowest BCUT2D eigenvalue weighted by Gasteiger charge is -2.09. The number of benzene rings is 1. The summed E-state index contributed by atoms with van der Waals surface area (Å²) < 4.78 is 4.64. The van der Waals surface area contributed by atoms with Crippen LogP contribution >= 0.6 is 0 Å². The molecule has 0 heterocycles. The van der Waals surface area contributed by atoms with Gasteiger partial charge in [0.05, 0.1) is 19.4 Å². The van der Waals surface area contributed by atoms with Crippen LogP contribution in [0, 0.1) is 11.8 Å². The predicted molar refractivity (Wildman–Crippen MR) is 59.3 cm³/mol. The first-order chi connectivity index (χ1) is 7.27. The first-order valence-electron chi connectivity index (χ1n) is 4.82. The molecular weight excluding hydrogens is 188 g/mol. The fourth-order valence-electron chi connectivity index (χ4n) is 1.36. The van der Waals surface area contributed by atoms with Gasteiger partial charge < -0.3 is 4.74 Å². The van der Waals surface area contributed by atoms with Crippen molar-refractivity contribution in [3.63, 3.8) is 0 Å². The zero-order chi connectivity index (χ0) is 11.1. The van der Waals surface area contributed by atoms with Gasteiger partial charge in [-0.25, -0.2) is 0 Å². The average Bonchev–Trinajstić information content (AvgIpc) is 2.29. The van der Waals surface area contributed by atoms with E-state index in [1.54, 1.807) is 6.92 Å². The van der Waals surface area contributed by atoms with Crippen molar-refractivity contribution in [2.45, 2.75) is 19.3 Å². The molecule has 1 atom stereocenters. The topological polar surface area (TPSA) is 26.3 Å². The van der Waals surface area contributed by atoms with E-state index in [-0.39, 0.29) is 11.9 Å². The molecule has 0 N–H and O–H groups in total. The minimum absolute atomic E-state index is 0.0661. The van der Waals surface area contributed by atoms with Gasteiger partial charge in [-0.15, -0.1) is 5.92 Å². The SMILES string of the molecule is CC#C[C@@H](CC(=O)OC)c1ccccc1. The van der Waals surface area contributed by atoms with Gasteiger partial charge in [0.1, 0.15) is 0 Å². The Labute approximate surface area is 90.3 Å². The highest BCUT2D eigenvalue weighted by molar-refractivity contribution is 5.71. The highest BCUT2D eigenvalue weighted by atomic mass is 16.5. The summed E-state index contributed by atoms with van der Waals surface area (Å²) in [5.74, 6) is 5.56.